The summed E-state index contributed by atoms with van der Waals surface area (Å²) in [7, 11) is -23.3. The maximum atomic E-state index is 9.99. The van der Waals surface area contributed by atoms with Crippen molar-refractivity contribution < 1.29 is 97.3 Å². The first kappa shape index (κ1) is 43.9. The number of hydrogen-bond donors (Lipinski definition) is 0. The summed E-state index contributed by atoms with van der Waals surface area (Å²) in [6, 6.07) is 0. The Labute approximate surface area is 153 Å². The molecule has 0 aliphatic carbocycles. The number of halogens is 6. The first-order valence-electron chi connectivity index (χ1n) is 3.58. The minimum Gasteiger partial charge on any atom is -0.560 e. The first-order chi connectivity index (χ1) is 10.4. The second-order valence-electron chi connectivity index (χ2n) is 1.43. The van der Waals surface area contributed by atoms with E-state index in [-0.39, 0.29) is 17.1 Å². The average molecular weight is 529 g/mol. The summed E-state index contributed by atoms with van der Waals surface area (Å²) >= 11 is 0. The molecule has 0 aliphatic rings. The quantitative estimate of drug-likeness (QED) is 0.161. The van der Waals surface area contributed by atoms with E-state index in [0.717, 1.165) is 0 Å². The van der Waals surface area contributed by atoms with E-state index >= 15 is 0 Å². The molecule has 0 aromatic heterocycles. The maximum Gasteiger partial charge on any atom is 6.00 e. The zero-order valence-corrected chi connectivity index (χ0v) is 17.7. The number of rotatable bonds is 0. The first-order valence-corrected chi connectivity index (χ1v) is 10.8. The van der Waals surface area contributed by atoms with E-state index in [9.17, 15) is 24.6 Å². The van der Waals surface area contributed by atoms with Crippen molar-refractivity contribution in [2.45, 2.75) is 0 Å². The molecule has 0 saturated heterocycles. The molecule has 25 heavy (non-hydrogen) atoms. The third-order valence-corrected chi connectivity index (χ3v) is 0. The van der Waals surface area contributed by atoms with Crippen LogP contribution in [-0.2, 0) is 43.8 Å². The fourth-order valence-corrected chi connectivity index (χ4v) is 0. The SMILES string of the molecule is O=[Si]([O-])F.O=[Si]([O-])F.O=[Si]([O-])F.O=[Si]([O-])F.O=[Si]([O-])F.O=[Si]([O-])F.[Mn+6]. The normalized spacial score (nSPS) is 6.00. The monoisotopic (exact) mass is 529 g/mol. The Balaban J connectivity index is -0.0000000309. The van der Waals surface area contributed by atoms with E-state index in [2.05, 4.69) is 0 Å². The van der Waals surface area contributed by atoms with E-state index in [4.69, 9.17) is 55.5 Å². The molecule has 0 saturated carbocycles. The van der Waals surface area contributed by atoms with E-state index in [1.165, 1.54) is 0 Å². The number of hydrogen-bond acceptors (Lipinski definition) is 12. The molecule has 0 rings (SSSR count). The summed E-state index contributed by atoms with van der Waals surface area (Å²) in [5, 5.41) is 0. The summed E-state index contributed by atoms with van der Waals surface area (Å²) in [6.45, 7) is 0. The van der Waals surface area contributed by atoms with Crippen LogP contribution in [0.1, 0.15) is 0 Å². The van der Waals surface area contributed by atoms with Crippen LogP contribution in [0.25, 0.3) is 0 Å². The van der Waals surface area contributed by atoms with Gasteiger partial charge in [-0.1, -0.05) is 0 Å². The smallest absolute Gasteiger partial charge is 0.560 e. The fraction of sp³-hybridized carbons (Fsp3) is 0. The second kappa shape index (κ2) is 38.5. The van der Waals surface area contributed by atoms with Crippen molar-refractivity contribution in [3.63, 3.8) is 0 Å². The Morgan fingerprint density at radius 2 is 0.360 bits per heavy atom. The molecule has 0 bridgehead atoms. The van der Waals surface area contributed by atoms with Crippen LogP contribution in [0, 0.1) is 0 Å². The van der Waals surface area contributed by atoms with Crippen LogP contribution in [0.3, 0.4) is 0 Å². The molecule has 0 aliphatic heterocycles. The zero-order chi connectivity index (χ0) is 21.5. The predicted molar refractivity (Wildman–Crippen MR) is 45.3 cm³/mol. The third kappa shape index (κ3) is 10200. The topological polar surface area (TPSA) is 241 Å². The van der Waals surface area contributed by atoms with Crippen molar-refractivity contribution in [2.75, 3.05) is 0 Å². The van der Waals surface area contributed by atoms with E-state index in [1.54, 1.807) is 0 Å². The van der Waals surface area contributed by atoms with Crippen molar-refractivity contribution in [1.29, 1.82) is 0 Å². The molecule has 0 fully saturated rings. The zero-order valence-electron chi connectivity index (χ0n) is 10.5. The Morgan fingerprint density at radius 1 is 0.360 bits per heavy atom. The van der Waals surface area contributed by atoms with Crippen LogP contribution >= 0.6 is 0 Å². The Morgan fingerprint density at radius 3 is 0.360 bits per heavy atom. The molecule has 145 valence electrons. The van der Waals surface area contributed by atoms with Gasteiger partial charge in [0.15, 0.2) is 0 Å². The fourth-order valence-electron chi connectivity index (χ4n) is 0. The van der Waals surface area contributed by atoms with Crippen LogP contribution in [0.5, 0.6) is 0 Å². The van der Waals surface area contributed by atoms with Crippen molar-refractivity contribution in [2.24, 2.45) is 0 Å². The largest absolute Gasteiger partial charge is 6.00 e. The van der Waals surface area contributed by atoms with Gasteiger partial charge in [-0.25, -0.2) is 0 Å². The van der Waals surface area contributed by atoms with Crippen molar-refractivity contribution in [3.8, 4) is 0 Å². The van der Waals surface area contributed by atoms with Crippen LogP contribution in [0.15, 0.2) is 0 Å². The summed E-state index contributed by atoms with van der Waals surface area (Å²) in [4.78, 5) is 50.4. The molecule has 0 aromatic rings. The molecule has 0 N–H and O–H groups in total. The van der Waals surface area contributed by atoms with E-state index < -0.39 is 55.6 Å². The van der Waals surface area contributed by atoms with Gasteiger partial charge in [-0.3, -0.25) is 24.6 Å². The van der Waals surface area contributed by atoms with Gasteiger partial charge in [0.2, 0.25) is 0 Å². The molecule has 0 aromatic carbocycles. The predicted octanol–water partition coefficient (Wildman–Crippen LogP) is -7.61. The van der Waals surface area contributed by atoms with Gasteiger partial charge in [0.1, 0.15) is 0 Å². The van der Waals surface area contributed by atoms with E-state index in [0.29, 0.717) is 0 Å². The summed E-state index contributed by atoms with van der Waals surface area (Å²) < 4.78 is 110. The minimum atomic E-state index is -3.88. The Kier molecular flexibility index (Phi) is 67.7. The average Bonchev–Trinajstić information content (AvgIpc) is 2.08. The molecule has 0 atom stereocenters. The molecule has 25 heteroatoms. The van der Waals surface area contributed by atoms with Crippen molar-refractivity contribution in [1.82, 2.24) is 0 Å². The molecule has 0 unspecified atom stereocenters. The van der Waals surface area contributed by atoms with Gasteiger partial charge in [0.05, 0.1) is 0 Å². The van der Waals surface area contributed by atoms with Crippen LogP contribution < -0.4 is 28.8 Å². The van der Waals surface area contributed by atoms with E-state index in [1.807, 2.05) is 0 Å². The summed E-state index contributed by atoms with van der Waals surface area (Å²) in [5.41, 5.74) is 0. The minimum absolute atomic E-state index is 0. The maximum absolute atomic E-state index is 9.99. The molecule has 0 heterocycles. The molecule has 0 amide bonds. The van der Waals surface area contributed by atoms with Gasteiger partial charge < -0.3 is 55.5 Å². The summed E-state index contributed by atoms with van der Waals surface area (Å²) in [5.74, 6) is 0. The molecule has 1 radical (unpaired) electrons. The van der Waals surface area contributed by atoms with Gasteiger partial charge >= 0.3 is 72.6 Å². The van der Waals surface area contributed by atoms with Crippen LogP contribution in [-0.4, -0.2) is 55.6 Å². The standard InChI is InChI=1S/6FO2Si.Mn/c6*1-4(2)3;/q6*-1;+6. The van der Waals surface area contributed by atoms with Gasteiger partial charge in [-0.15, -0.1) is 0 Å². The molecule has 0 spiro atoms. The third-order valence-electron chi connectivity index (χ3n) is 0. The molecule has 12 nitrogen and oxygen atoms in total. The van der Waals surface area contributed by atoms with Gasteiger partial charge in [0, 0.05) is 0 Å². The molecular formula is F6MnO12Si6. The van der Waals surface area contributed by atoms with Gasteiger partial charge in [0.25, 0.3) is 0 Å². The van der Waals surface area contributed by atoms with Gasteiger partial charge in [-0.2, -0.15) is 0 Å². The molecular weight excluding hydrogens is 529 g/mol. The second-order valence-corrected chi connectivity index (χ2v) is 4.28. The Bertz CT molecular complexity index is 273. The van der Waals surface area contributed by atoms with Crippen LogP contribution in [0.4, 0.5) is 24.6 Å². The Hall–Kier alpha value is -0.999. The van der Waals surface area contributed by atoms with Crippen LogP contribution in [0.2, 0.25) is 0 Å². The van der Waals surface area contributed by atoms with Gasteiger partial charge in [-0.05, 0) is 0 Å². The summed E-state index contributed by atoms with van der Waals surface area (Å²) in [6.07, 6.45) is 0. The van der Waals surface area contributed by atoms with Crippen molar-refractivity contribution in [3.05, 3.63) is 0 Å². The van der Waals surface area contributed by atoms with Crippen molar-refractivity contribution >= 4 is 55.6 Å².